The minimum absolute atomic E-state index is 0. The number of rotatable bonds is 8. The summed E-state index contributed by atoms with van der Waals surface area (Å²) in [6, 6.07) is 0. The zero-order valence-electron chi connectivity index (χ0n) is 14.5. The fourth-order valence-electron chi connectivity index (χ4n) is 2.75. The van der Waals surface area contributed by atoms with E-state index in [9.17, 15) is 0 Å². The van der Waals surface area contributed by atoms with Crippen LogP contribution < -0.4 is 0 Å². The second-order valence-electron chi connectivity index (χ2n) is 5.55. The predicted octanol–water partition coefficient (Wildman–Crippen LogP) is 6.10. The van der Waals surface area contributed by atoms with E-state index in [0.29, 0.717) is 0 Å². The van der Waals surface area contributed by atoms with E-state index in [2.05, 4.69) is 38.2 Å². The largest absolute Gasteiger partial charge is 1.00 e. The topological polar surface area (TPSA) is 0 Å². The number of unbranched alkanes of at least 4 members (excludes halogenated alkanes) is 2. The molecule has 0 spiro atoms. The fraction of sp³-hybridized carbons (Fsp3) is 0.556. The number of allylic oxidation sites excluding steroid dienone is 8. The van der Waals surface area contributed by atoms with Crippen LogP contribution in [-0.2, 0) is 23.2 Å². The van der Waals surface area contributed by atoms with Gasteiger partial charge in [-0.25, -0.2) is 0 Å². The molecule has 0 fully saturated rings. The normalized spacial score (nSPS) is 18.0. The van der Waals surface area contributed by atoms with E-state index in [-0.39, 0.29) is 2.85 Å². The zero-order valence-corrected chi connectivity index (χ0v) is 14.9. The molecule has 0 heterocycles. The van der Waals surface area contributed by atoms with Crippen LogP contribution in [0.4, 0.5) is 0 Å². The van der Waals surface area contributed by atoms with E-state index >= 15 is 0 Å². The molecule has 0 aromatic heterocycles. The molecule has 0 radical (unpaired) electrons. The third kappa shape index (κ3) is 4.42. The average molecular weight is 336 g/mol. The van der Waals surface area contributed by atoms with E-state index in [4.69, 9.17) is 0 Å². The molecule has 2 aliphatic carbocycles. The Bertz CT molecular complexity index is 390. The van der Waals surface area contributed by atoms with Gasteiger partial charge in [0.15, 0.2) is 0 Å². The molecule has 0 aromatic rings. The van der Waals surface area contributed by atoms with E-state index in [1.165, 1.54) is 51.4 Å². The molecule has 2 aliphatic rings. The Morgan fingerprint density at radius 1 is 0.895 bits per heavy atom. The van der Waals surface area contributed by atoms with Gasteiger partial charge in [-0.05, 0) is 0 Å². The Morgan fingerprint density at radius 2 is 1.37 bits per heavy atom. The maximum Gasteiger partial charge on any atom is -1.00 e. The molecule has 0 bridgehead atoms. The number of hydrogen-bond acceptors (Lipinski definition) is 0. The summed E-state index contributed by atoms with van der Waals surface area (Å²) in [4.78, 5) is 0. The molecule has 1 heteroatoms. The molecule has 0 amide bonds. The molecule has 0 unspecified atom stereocenters. The quantitative estimate of drug-likeness (QED) is 0.502. The van der Waals surface area contributed by atoms with Gasteiger partial charge in [0.25, 0.3) is 0 Å². The van der Waals surface area contributed by atoms with Crippen molar-refractivity contribution in [1.29, 1.82) is 0 Å². The van der Waals surface area contributed by atoms with Crippen LogP contribution in [0, 0.1) is 0 Å². The summed E-state index contributed by atoms with van der Waals surface area (Å²) in [7, 11) is 0. The monoisotopic (exact) mass is 334 g/mol. The van der Waals surface area contributed by atoms with Crippen LogP contribution in [0.25, 0.3) is 0 Å². The summed E-state index contributed by atoms with van der Waals surface area (Å²) < 4.78 is 3.73. The summed E-state index contributed by atoms with van der Waals surface area (Å²) in [6.07, 6.45) is 20.2. The van der Waals surface area contributed by atoms with Gasteiger partial charge in [0.2, 0.25) is 0 Å². The zero-order chi connectivity index (χ0) is 13.5. The van der Waals surface area contributed by atoms with E-state index in [1.807, 2.05) is 6.56 Å². The fourth-order valence-corrected chi connectivity index (χ4v) is 6.54. The van der Waals surface area contributed by atoms with E-state index in [1.54, 1.807) is 11.1 Å². The molecule has 0 atom stereocenters. The summed E-state index contributed by atoms with van der Waals surface area (Å²) in [5, 5.41) is 0. The van der Waals surface area contributed by atoms with Gasteiger partial charge in [-0.2, -0.15) is 0 Å². The first-order valence-electron chi connectivity index (χ1n) is 7.89. The Kier molecular flexibility index (Phi) is 6.58. The van der Waals surface area contributed by atoms with Gasteiger partial charge in [-0.3, -0.25) is 0 Å². The molecule has 19 heavy (non-hydrogen) atoms. The van der Waals surface area contributed by atoms with Gasteiger partial charge in [0, 0.05) is 0 Å². The third-order valence-corrected chi connectivity index (χ3v) is 8.02. The Morgan fingerprint density at radius 3 is 1.79 bits per heavy atom. The summed E-state index contributed by atoms with van der Waals surface area (Å²) in [5.41, 5.74) is 3.42. The summed E-state index contributed by atoms with van der Waals surface area (Å²) >= 11 is -0.463. The van der Waals surface area contributed by atoms with Crippen LogP contribution in [0.15, 0.2) is 42.0 Å². The van der Waals surface area contributed by atoms with Gasteiger partial charge in [-0.15, -0.1) is 0 Å². The van der Waals surface area contributed by atoms with Gasteiger partial charge in [0.05, 0.1) is 0 Å². The first-order valence-corrected chi connectivity index (χ1v) is 10.3. The van der Waals surface area contributed by atoms with Crippen LogP contribution in [0.3, 0.4) is 0 Å². The van der Waals surface area contributed by atoms with Crippen molar-refractivity contribution in [2.45, 2.75) is 65.2 Å². The first-order chi connectivity index (χ1) is 9.35. The van der Waals surface area contributed by atoms with Crippen molar-refractivity contribution in [3.05, 3.63) is 42.0 Å². The minimum atomic E-state index is -0.463. The van der Waals surface area contributed by atoms with Crippen LogP contribution in [0.1, 0.15) is 68.1 Å². The predicted molar refractivity (Wildman–Crippen MR) is 82.8 cm³/mol. The van der Waals surface area contributed by atoms with Crippen molar-refractivity contribution >= 4 is 0 Å². The average Bonchev–Trinajstić information content (AvgIpc) is 3.04. The molecule has 0 nitrogen and oxygen atoms in total. The SMILES string of the molecule is CCCCC1=[C]([Zr][C]2=C(CCCC)C=CC2)CC=C1.[H-].[H-]. The van der Waals surface area contributed by atoms with Gasteiger partial charge in [0.1, 0.15) is 0 Å². The summed E-state index contributed by atoms with van der Waals surface area (Å²) in [6.45, 7) is 4.59. The molecule has 0 saturated carbocycles. The van der Waals surface area contributed by atoms with Crippen molar-refractivity contribution in [2.75, 3.05) is 0 Å². The van der Waals surface area contributed by atoms with Crippen molar-refractivity contribution in [1.82, 2.24) is 0 Å². The number of hydrogen-bond donors (Lipinski definition) is 0. The minimum Gasteiger partial charge on any atom is -1.00 e. The smallest absolute Gasteiger partial charge is 1.00 e. The van der Waals surface area contributed by atoms with Crippen molar-refractivity contribution in [3.63, 3.8) is 0 Å². The van der Waals surface area contributed by atoms with Crippen molar-refractivity contribution in [3.8, 4) is 0 Å². The Labute approximate surface area is 133 Å². The maximum absolute atomic E-state index is 2.42. The van der Waals surface area contributed by atoms with Gasteiger partial charge >= 0.3 is 130 Å². The molecule has 0 aliphatic heterocycles. The van der Waals surface area contributed by atoms with Crippen LogP contribution in [0.2, 0.25) is 0 Å². The maximum atomic E-state index is 2.42. The van der Waals surface area contributed by atoms with Gasteiger partial charge in [-0.1, -0.05) is 0 Å². The van der Waals surface area contributed by atoms with Crippen LogP contribution in [0.5, 0.6) is 0 Å². The molecule has 0 saturated heterocycles. The molecule has 106 valence electrons. The molecule has 0 N–H and O–H groups in total. The summed E-state index contributed by atoms with van der Waals surface area (Å²) in [5.74, 6) is 0. The Balaban J connectivity index is 0.00000200. The van der Waals surface area contributed by atoms with Crippen LogP contribution in [-0.4, -0.2) is 0 Å². The molecular weight excluding hydrogens is 307 g/mol. The van der Waals surface area contributed by atoms with Crippen LogP contribution >= 0.6 is 0 Å². The second kappa shape index (κ2) is 8.20. The van der Waals surface area contributed by atoms with Crippen molar-refractivity contribution < 1.29 is 26.1 Å². The molecular formula is C18H28Zr-2. The van der Waals surface area contributed by atoms with Crippen molar-refractivity contribution in [2.24, 2.45) is 0 Å². The van der Waals surface area contributed by atoms with E-state index in [0.717, 1.165) is 0 Å². The van der Waals surface area contributed by atoms with Gasteiger partial charge < -0.3 is 2.85 Å². The van der Waals surface area contributed by atoms with E-state index < -0.39 is 23.2 Å². The first kappa shape index (κ1) is 15.2. The molecule has 2 rings (SSSR count). The third-order valence-electron chi connectivity index (χ3n) is 3.96. The standard InChI is InChI=1S/2C9H13.Zr.2H/c2*1-2-3-6-9-7-4-5-8-9;;;/h2*4,7H,2-3,5-6H2,1H3;;;/q;;;2*-1. The second-order valence-corrected chi connectivity index (χ2v) is 9.13. The molecule has 0 aromatic carbocycles. The Hall–Kier alpha value is -0.157.